The number of oxime groups is 1. The molecular weight excluding hydrogens is 402 g/mol. The van der Waals surface area contributed by atoms with Gasteiger partial charge in [-0.1, -0.05) is 71.4 Å². The first-order chi connectivity index (χ1) is 14.4. The second kappa shape index (κ2) is 7.96. The molecule has 0 aliphatic carbocycles. The Morgan fingerprint density at radius 2 is 1.57 bits per heavy atom. The molecule has 0 bridgehead atoms. The summed E-state index contributed by atoms with van der Waals surface area (Å²) in [5.74, 6) is -0.525. The van der Waals surface area contributed by atoms with E-state index in [0.717, 1.165) is 5.56 Å². The number of aryl methyl sites for hydroxylation is 1. The van der Waals surface area contributed by atoms with Gasteiger partial charge in [-0.25, -0.2) is 4.79 Å². The van der Waals surface area contributed by atoms with Crippen LogP contribution in [0.1, 0.15) is 16.7 Å². The minimum Gasteiger partial charge on any atom is -0.378 e. The molecule has 3 aromatic rings. The fourth-order valence-electron chi connectivity index (χ4n) is 2.92. The highest BCUT2D eigenvalue weighted by molar-refractivity contribution is 7.87. The molecule has 0 spiro atoms. The molecule has 0 amide bonds. The van der Waals surface area contributed by atoms with Crippen LogP contribution in [0.5, 0.6) is 5.75 Å². The second-order valence-corrected chi connectivity index (χ2v) is 8.18. The summed E-state index contributed by atoms with van der Waals surface area (Å²) in [6.07, 6.45) is 1.52. The van der Waals surface area contributed by atoms with Crippen molar-refractivity contribution < 1.29 is 22.2 Å². The lowest BCUT2D eigenvalue weighted by Crippen LogP contribution is -2.11. The molecule has 4 rings (SSSR count). The van der Waals surface area contributed by atoms with E-state index in [0.29, 0.717) is 16.8 Å². The van der Waals surface area contributed by atoms with E-state index in [-0.39, 0.29) is 16.2 Å². The van der Waals surface area contributed by atoms with Gasteiger partial charge < -0.3 is 9.02 Å². The Hall–Kier alpha value is -3.71. The highest BCUT2D eigenvalue weighted by atomic mass is 32.2. The van der Waals surface area contributed by atoms with E-state index < -0.39 is 16.1 Å². The zero-order chi connectivity index (χ0) is 21.1. The highest BCUT2D eigenvalue weighted by Gasteiger charge is 2.27. The summed E-state index contributed by atoms with van der Waals surface area (Å²) in [5, 5.41) is 3.86. The molecule has 0 saturated carbocycles. The van der Waals surface area contributed by atoms with Crippen LogP contribution in [-0.4, -0.2) is 20.1 Å². The molecule has 7 heteroatoms. The third-order valence-corrected chi connectivity index (χ3v) is 5.72. The second-order valence-electron chi connectivity index (χ2n) is 6.63. The SMILES string of the molecule is Cc1ccc(S(=O)(=O)Oc2ccccc2C=C2C(=O)ON=C2c2ccccc2)cc1. The van der Waals surface area contributed by atoms with Crippen LogP contribution in [0.2, 0.25) is 0 Å². The average molecular weight is 419 g/mol. The normalized spacial score (nSPS) is 15.0. The number of para-hydroxylation sites is 1. The van der Waals surface area contributed by atoms with Gasteiger partial charge in [0.05, 0.1) is 5.57 Å². The fourth-order valence-corrected chi connectivity index (χ4v) is 3.87. The van der Waals surface area contributed by atoms with Gasteiger partial charge in [0, 0.05) is 11.1 Å². The lowest BCUT2D eigenvalue weighted by molar-refractivity contribution is -0.136. The van der Waals surface area contributed by atoms with Gasteiger partial charge in [0.2, 0.25) is 0 Å². The first-order valence-electron chi connectivity index (χ1n) is 9.11. The van der Waals surface area contributed by atoms with E-state index in [1.54, 1.807) is 42.5 Å². The number of hydrogen-bond donors (Lipinski definition) is 0. The topological polar surface area (TPSA) is 82.0 Å². The van der Waals surface area contributed by atoms with Crippen LogP contribution in [-0.2, 0) is 19.8 Å². The Morgan fingerprint density at radius 3 is 2.30 bits per heavy atom. The zero-order valence-electron chi connectivity index (χ0n) is 16.0. The van der Waals surface area contributed by atoms with Crippen molar-refractivity contribution >= 4 is 27.9 Å². The summed E-state index contributed by atoms with van der Waals surface area (Å²) in [5.41, 5.74) is 2.64. The first kappa shape index (κ1) is 19.6. The zero-order valence-corrected chi connectivity index (χ0v) is 16.8. The van der Waals surface area contributed by atoms with Crippen LogP contribution in [0.3, 0.4) is 0 Å². The van der Waals surface area contributed by atoms with Crippen molar-refractivity contribution in [3.63, 3.8) is 0 Å². The highest BCUT2D eigenvalue weighted by Crippen LogP contribution is 2.28. The summed E-state index contributed by atoms with van der Waals surface area (Å²) < 4.78 is 30.8. The van der Waals surface area contributed by atoms with Gasteiger partial charge in [-0.2, -0.15) is 8.42 Å². The smallest absolute Gasteiger partial charge is 0.368 e. The molecule has 1 aliphatic heterocycles. The number of carbonyl (C=O) groups is 1. The molecule has 150 valence electrons. The van der Waals surface area contributed by atoms with Gasteiger partial charge in [-0.15, -0.1) is 0 Å². The van der Waals surface area contributed by atoms with Gasteiger partial charge >= 0.3 is 16.1 Å². The van der Waals surface area contributed by atoms with E-state index in [9.17, 15) is 13.2 Å². The largest absolute Gasteiger partial charge is 0.378 e. The molecular formula is C23H17NO5S. The van der Waals surface area contributed by atoms with Crippen LogP contribution in [0, 0.1) is 6.92 Å². The fraction of sp³-hybridized carbons (Fsp3) is 0.0435. The Bertz CT molecular complexity index is 1260. The standard InChI is InChI=1S/C23H17NO5S/c1-16-11-13-19(14-12-16)30(26,27)29-21-10-6-5-9-18(21)15-20-22(24-28-23(20)25)17-7-3-2-4-8-17/h2-15H,1H3. The number of carbonyl (C=O) groups excluding carboxylic acids is 1. The van der Waals surface area contributed by atoms with Crippen LogP contribution < -0.4 is 4.18 Å². The molecule has 30 heavy (non-hydrogen) atoms. The molecule has 1 heterocycles. The lowest BCUT2D eigenvalue weighted by atomic mass is 10.0. The number of hydrogen-bond acceptors (Lipinski definition) is 6. The van der Waals surface area contributed by atoms with Gasteiger partial charge in [-0.05, 0) is 31.2 Å². The van der Waals surface area contributed by atoms with Crippen molar-refractivity contribution in [2.45, 2.75) is 11.8 Å². The number of rotatable bonds is 5. The summed E-state index contributed by atoms with van der Waals surface area (Å²) in [6.45, 7) is 1.87. The van der Waals surface area contributed by atoms with Crippen LogP contribution >= 0.6 is 0 Å². The van der Waals surface area contributed by atoms with Crippen LogP contribution in [0.4, 0.5) is 0 Å². The number of nitrogens with zero attached hydrogens (tertiary/aromatic N) is 1. The van der Waals surface area contributed by atoms with Crippen molar-refractivity contribution in [3.05, 3.63) is 101 Å². The van der Waals surface area contributed by atoms with E-state index in [1.807, 2.05) is 25.1 Å². The van der Waals surface area contributed by atoms with Gasteiger partial charge in [0.15, 0.2) is 0 Å². The molecule has 0 N–H and O–H groups in total. The molecule has 1 aliphatic rings. The van der Waals surface area contributed by atoms with Crippen molar-refractivity contribution in [2.24, 2.45) is 5.16 Å². The monoisotopic (exact) mass is 419 g/mol. The van der Waals surface area contributed by atoms with Crippen LogP contribution in [0.25, 0.3) is 6.08 Å². The minimum absolute atomic E-state index is 0.0439. The summed E-state index contributed by atoms with van der Waals surface area (Å²) in [4.78, 5) is 17.1. The molecule has 0 atom stereocenters. The molecule has 0 aromatic heterocycles. The molecule has 0 saturated heterocycles. The molecule has 0 unspecified atom stereocenters. The Morgan fingerprint density at radius 1 is 0.900 bits per heavy atom. The van der Waals surface area contributed by atoms with Crippen molar-refractivity contribution in [2.75, 3.05) is 0 Å². The average Bonchev–Trinajstić information content (AvgIpc) is 3.10. The quantitative estimate of drug-likeness (QED) is 0.353. The maximum atomic E-state index is 12.7. The summed E-state index contributed by atoms with van der Waals surface area (Å²) in [7, 11) is -4.04. The van der Waals surface area contributed by atoms with Crippen molar-refractivity contribution in [3.8, 4) is 5.75 Å². The maximum Gasteiger partial charge on any atom is 0.368 e. The minimum atomic E-state index is -4.04. The molecule has 3 aromatic carbocycles. The van der Waals surface area contributed by atoms with Gasteiger partial charge in [-0.3, -0.25) is 0 Å². The predicted octanol–water partition coefficient (Wildman–Crippen LogP) is 4.11. The van der Waals surface area contributed by atoms with E-state index in [1.165, 1.54) is 24.3 Å². The third kappa shape index (κ3) is 4.01. The van der Waals surface area contributed by atoms with E-state index >= 15 is 0 Å². The Balaban J connectivity index is 1.71. The lowest BCUT2D eigenvalue weighted by Gasteiger charge is -2.10. The van der Waals surface area contributed by atoms with Crippen molar-refractivity contribution in [1.29, 1.82) is 0 Å². The van der Waals surface area contributed by atoms with Gasteiger partial charge in [0.25, 0.3) is 0 Å². The van der Waals surface area contributed by atoms with Gasteiger partial charge in [0.1, 0.15) is 16.4 Å². The summed E-state index contributed by atoms with van der Waals surface area (Å²) >= 11 is 0. The molecule has 6 nitrogen and oxygen atoms in total. The maximum absolute atomic E-state index is 12.7. The van der Waals surface area contributed by atoms with Crippen LogP contribution in [0.15, 0.2) is 94.5 Å². The van der Waals surface area contributed by atoms with E-state index in [2.05, 4.69) is 5.16 Å². The third-order valence-electron chi connectivity index (χ3n) is 4.47. The molecule has 0 radical (unpaired) electrons. The first-order valence-corrected chi connectivity index (χ1v) is 10.5. The Kier molecular flexibility index (Phi) is 5.20. The predicted molar refractivity (Wildman–Crippen MR) is 112 cm³/mol. The summed E-state index contributed by atoms with van der Waals surface area (Å²) in [6, 6.07) is 22.0. The van der Waals surface area contributed by atoms with Crippen molar-refractivity contribution in [1.82, 2.24) is 0 Å². The van der Waals surface area contributed by atoms with E-state index in [4.69, 9.17) is 9.02 Å². The Labute approximate surface area is 174 Å². The number of benzene rings is 3. The molecule has 0 fully saturated rings.